The Morgan fingerprint density at radius 2 is 2.17 bits per heavy atom. The van der Waals surface area contributed by atoms with Gasteiger partial charge in [-0.25, -0.2) is 4.39 Å². The number of nitrogens with two attached hydrogens (primary N) is 1. The molecule has 0 bridgehead atoms. The summed E-state index contributed by atoms with van der Waals surface area (Å²) in [6.07, 6.45) is -0.0286. The SMILES string of the molecule is NC(Cc1cc(=O)[nH]c2ccc(F)cc12)C(=O)O. The first-order valence-corrected chi connectivity index (χ1v) is 5.27. The third kappa shape index (κ3) is 2.38. The highest BCUT2D eigenvalue weighted by atomic mass is 19.1. The Kier molecular flexibility index (Phi) is 3.12. The van der Waals surface area contributed by atoms with E-state index in [9.17, 15) is 14.0 Å². The molecular weight excluding hydrogens is 239 g/mol. The van der Waals surface area contributed by atoms with E-state index in [0.717, 1.165) is 0 Å². The van der Waals surface area contributed by atoms with Crippen molar-refractivity contribution in [3.63, 3.8) is 0 Å². The lowest BCUT2D eigenvalue weighted by Gasteiger charge is -2.09. The first-order valence-electron chi connectivity index (χ1n) is 5.27. The summed E-state index contributed by atoms with van der Waals surface area (Å²) in [6, 6.07) is 4.01. The van der Waals surface area contributed by atoms with E-state index in [-0.39, 0.29) is 12.0 Å². The van der Waals surface area contributed by atoms with Crippen LogP contribution >= 0.6 is 0 Å². The van der Waals surface area contributed by atoms with Gasteiger partial charge in [-0.05, 0) is 30.2 Å². The molecular formula is C12H11FN2O3. The number of aliphatic carboxylic acids is 1. The molecule has 4 N–H and O–H groups in total. The van der Waals surface area contributed by atoms with E-state index in [2.05, 4.69) is 4.98 Å². The van der Waals surface area contributed by atoms with Gasteiger partial charge in [0.1, 0.15) is 11.9 Å². The minimum Gasteiger partial charge on any atom is -0.480 e. The van der Waals surface area contributed by atoms with Crippen molar-refractivity contribution in [2.24, 2.45) is 5.73 Å². The van der Waals surface area contributed by atoms with Gasteiger partial charge in [-0.3, -0.25) is 9.59 Å². The summed E-state index contributed by atoms with van der Waals surface area (Å²) in [7, 11) is 0. The average Bonchev–Trinajstić information content (AvgIpc) is 2.29. The van der Waals surface area contributed by atoms with E-state index in [0.29, 0.717) is 16.5 Å². The molecule has 1 atom stereocenters. The van der Waals surface area contributed by atoms with E-state index >= 15 is 0 Å². The van der Waals surface area contributed by atoms with E-state index in [1.165, 1.54) is 24.3 Å². The summed E-state index contributed by atoms with van der Waals surface area (Å²) in [4.78, 5) is 24.7. The van der Waals surface area contributed by atoms with Crippen LogP contribution in [0.25, 0.3) is 10.9 Å². The van der Waals surface area contributed by atoms with Gasteiger partial charge in [-0.15, -0.1) is 0 Å². The quantitative estimate of drug-likeness (QED) is 0.744. The molecule has 0 fully saturated rings. The number of H-pyrrole nitrogens is 1. The van der Waals surface area contributed by atoms with E-state index in [4.69, 9.17) is 10.8 Å². The molecule has 0 saturated carbocycles. The van der Waals surface area contributed by atoms with Gasteiger partial charge < -0.3 is 15.8 Å². The minimum absolute atomic E-state index is 0.0286. The number of aromatic nitrogens is 1. The first-order chi connectivity index (χ1) is 8.47. The van der Waals surface area contributed by atoms with Crippen LogP contribution in [0.15, 0.2) is 29.1 Å². The predicted octanol–water partition coefficient (Wildman–Crippen LogP) is 0.622. The van der Waals surface area contributed by atoms with Crippen LogP contribution in [-0.4, -0.2) is 22.1 Å². The first kappa shape index (κ1) is 12.3. The highest BCUT2D eigenvalue weighted by Gasteiger charge is 2.15. The van der Waals surface area contributed by atoms with Crippen molar-refractivity contribution in [3.05, 3.63) is 46.0 Å². The number of halogens is 1. The van der Waals surface area contributed by atoms with E-state index in [1.54, 1.807) is 0 Å². The van der Waals surface area contributed by atoms with Crippen molar-refractivity contribution in [3.8, 4) is 0 Å². The fraction of sp³-hybridized carbons (Fsp3) is 0.167. The molecule has 0 aliphatic heterocycles. The van der Waals surface area contributed by atoms with Gasteiger partial charge in [0, 0.05) is 17.0 Å². The smallest absolute Gasteiger partial charge is 0.320 e. The van der Waals surface area contributed by atoms with Crippen molar-refractivity contribution in [2.45, 2.75) is 12.5 Å². The lowest BCUT2D eigenvalue weighted by atomic mass is 10.0. The second-order valence-electron chi connectivity index (χ2n) is 4.00. The van der Waals surface area contributed by atoms with Gasteiger partial charge >= 0.3 is 5.97 Å². The Hall–Kier alpha value is -2.21. The number of carboxylic acid groups (broad SMARTS) is 1. The van der Waals surface area contributed by atoms with Crippen LogP contribution in [0.5, 0.6) is 0 Å². The van der Waals surface area contributed by atoms with Crippen molar-refractivity contribution in [2.75, 3.05) is 0 Å². The fourth-order valence-electron chi connectivity index (χ4n) is 1.79. The topological polar surface area (TPSA) is 96.2 Å². The number of hydrogen-bond donors (Lipinski definition) is 3. The maximum absolute atomic E-state index is 13.2. The van der Waals surface area contributed by atoms with Gasteiger partial charge in [-0.2, -0.15) is 0 Å². The molecule has 1 aromatic heterocycles. The molecule has 6 heteroatoms. The van der Waals surface area contributed by atoms with Crippen molar-refractivity contribution in [1.29, 1.82) is 0 Å². The summed E-state index contributed by atoms with van der Waals surface area (Å²) in [5.41, 5.74) is 5.92. The molecule has 1 aromatic carbocycles. The maximum Gasteiger partial charge on any atom is 0.320 e. The zero-order chi connectivity index (χ0) is 13.3. The molecule has 2 aromatic rings. The molecule has 1 unspecified atom stereocenters. The zero-order valence-corrected chi connectivity index (χ0v) is 9.31. The van der Waals surface area contributed by atoms with Crippen LogP contribution in [0.2, 0.25) is 0 Å². The monoisotopic (exact) mass is 250 g/mol. The van der Waals surface area contributed by atoms with Gasteiger partial charge in [0.15, 0.2) is 0 Å². The molecule has 0 amide bonds. The lowest BCUT2D eigenvalue weighted by molar-refractivity contribution is -0.138. The Morgan fingerprint density at radius 3 is 2.83 bits per heavy atom. The number of hydrogen-bond acceptors (Lipinski definition) is 3. The number of rotatable bonds is 3. The van der Waals surface area contributed by atoms with Crippen LogP contribution < -0.4 is 11.3 Å². The normalized spacial score (nSPS) is 12.6. The van der Waals surface area contributed by atoms with Crippen LogP contribution in [0.1, 0.15) is 5.56 Å². The molecule has 0 aliphatic rings. The Bertz CT molecular complexity index is 666. The third-order valence-electron chi connectivity index (χ3n) is 2.65. The van der Waals surface area contributed by atoms with Crippen LogP contribution in [0.4, 0.5) is 4.39 Å². The molecule has 2 rings (SSSR count). The second-order valence-corrected chi connectivity index (χ2v) is 4.00. The molecule has 1 heterocycles. The Morgan fingerprint density at radius 1 is 1.44 bits per heavy atom. The van der Waals surface area contributed by atoms with Crippen molar-refractivity contribution >= 4 is 16.9 Å². The zero-order valence-electron chi connectivity index (χ0n) is 9.31. The summed E-state index contributed by atoms with van der Waals surface area (Å²) in [5.74, 6) is -1.63. The van der Waals surface area contributed by atoms with Crippen LogP contribution in [0.3, 0.4) is 0 Å². The maximum atomic E-state index is 13.2. The lowest BCUT2D eigenvalue weighted by Crippen LogP contribution is -2.32. The van der Waals surface area contributed by atoms with E-state index in [1.807, 2.05) is 0 Å². The second kappa shape index (κ2) is 4.58. The minimum atomic E-state index is -1.17. The molecule has 18 heavy (non-hydrogen) atoms. The molecule has 0 spiro atoms. The number of carbonyl (C=O) groups is 1. The molecule has 0 aliphatic carbocycles. The van der Waals surface area contributed by atoms with Crippen molar-refractivity contribution < 1.29 is 14.3 Å². The number of pyridine rings is 1. The highest BCUT2D eigenvalue weighted by Crippen LogP contribution is 2.17. The molecule has 5 nitrogen and oxygen atoms in total. The largest absolute Gasteiger partial charge is 0.480 e. The molecule has 94 valence electrons. The number of benzene rings is 1. The Labute approximate surface area is 101 Å². The number of aromatic amines is 1. The van der Waals surface area contributed by atoms with Crippen LogP contribution in [0, 0.1) is 5.82 Å². The third-order valence-corrected chi connectivity index (χ3v) is 2.65. The highest BCUT2D eigenvalue weighted by molar-refractivity contribution is 5.83. The van der Waals surface area contributed by atoms with Gasteiger partial charge in [0.2, 0.25) is 5.56 Å². The summed E-state index contributed by atoms with van der Waals surface area (Å²) < 4.78 is 13.2. The standard InChI is InChI=1S/C12H11FN2O3/c13-7-1-2-10-8(5-7)6(4-11(16)15-10)3-9(14)12(17)18/h1-2,4-5,9H,3,14H2,(H,15,16)(H,17,18). The number of nitrogens with one attached hydrogen (secondary N) is 1. The van der Waals surface area contributed by atoms with Gasteiger partial charge in [0.05, 0.1) is 0 Å². The van der Waals surface area contributed by atoms with Gasteiger partial charge in [-0.1, -0.05) is 0 Å². The summed E-state index contributed by atoms with van der Waals surface area (Å²) in [6.45, 7) is 0. The molecule has 0 saturated heterocycles. The van der Waals surface area contributed by atoms with Gasteiger partial charge in [0.25, 0.3) is 0 Å². The average molecular weight is 250 g/mol. The number of fused-ring (bicyclic) bond motifs is 1. The predicted molar refractivity (Wildman–Crippen MR) is 63.8 cm³/mol. The van der Waals surface area contributed by atoms with Crippen molar-refractivity contribution in [1.82, 2.24) is 4.98 Å². The summed E-state index contributed by atoms with van der Waals surface area (Å²) in [5, 5.41) is 9.22. The molecule has 0 radical (unpaired) electrons. The fourth-order valence-corrected chi connectivity index (χ4v) is 1.79. The van der Waals surface area contributed by atoms with E-state index < -0.39 is 17.8 Å². The van der Waals surface area contributed by atoms with Crippen LogP contribution in [-0.2, 0) is 11.2 Å². The Balaban J connectivity index is 2.57. The summed E-state index contributed by atoms with van der Waals surface area (Å²) >= 11 is 0. The number of carboxylic acids is 1.